The van der Waals surface area contributed by atoms with Gasteiger partial charge in [-0.15, -0.1) is 35.0 Å². The van der Waals surface area contributed by atoms with Crippen LogP contribution in [-0.2, 0) is 6.42 Å². The van der Waals surface area contributed by atoms with Gasteiger partial charge in [-0.25, -0.2) is 0 Å². The molecule has 0 saturated carbocycles. The molecular formula is C74H54BrN3S2. The second-order valence-corrected chi connectivity index (χ2v) is 22.1. The van der Waals surface area contributed by atoms with Crippen LogP contribution in [0.5, 0.6) is 0 Å². The van der Waals surface area contributed by atoms with Gasteiger partial charge >= 0.3 is 0 Å². The van der Waals surface area contributed by atoms with Crippen molar-refractivity contribution in [2.75, 3.05) is 4.90 Å². The van der Waals surface area contributed by atoms with Gasteiger partial charge in [-0.3, -0.25) is 9.97 Å². The summed E-state index contributed by atoms with van der Waals surface area (Å²) < 4.78 is 6.45. The van der Waals surface area contributed by atoms with Crippen LogP contribution < -0.4 is 4.90 Å². The van der Waals surface area contributed by atoms with Crippen LogP contribution in [0.4, 0.5) is 17.1 Å². The van der Waals surface area contributed by atoms with Gasteiger partial charge in [-0.05, 0) is 150 Å². The zero-order valence-electron chi connectivity index (χ0n) is 44.0. The van der Waals surface area contributed by atoms with E-state index in [1.54, 1.807) is 13.1 Å². The Bertz CT molecular complexity index is 4230. The first-order valence-electron chi connectivity index (χ1n) is 26.5. The van der Waals surface area contributed by atoms with E-state index in [4.69, 9.17) is 0 Å². The van der Waals surface area contributed by atoms with Crippen LogP contribution in [-0.4, -0.2) is 9.97 Å². The van der Waals surface area contributed by atoms with Crippen molar-refractivity contribution < 1.29 is 0 Å². The lowest BCUT2D eigenvalue weighted by Crippen LogP contribution is -2.09. The minimum absolute atomic E-state index is 0.967. The fourth-order valence-electron chi connectivity index (χ4n) is 9.77. The van der Waals surface area contributed by atoms with Gasteiger partial charge in [0.25, 0.3) is 0 Å². The Labute approximate surface area is 484 Å². The maximum Gasteiger partial charge on any atom is 0.0701 e. The maximum absolute atomic E-state index is 4.60. The lowest BCUT2D eigenvalue weighted by molar-refractivity contribution is 1.20. The van der Waals surface area contributed by atoms with E-state index in [0.29, 0.717) is 0 Å². The van der Waals surface area contributed by atoms with Crippen molar-refractivity contribution in [2.45, 2.75) is 13.3 Å². The molecule has 14 aromatic rings. The van der Waals surface area contributed by atoms with Gasteiger partial charge in [0.15, 0.2) is 0 Å². The molecule has 0 N–H and O–H groups in total. The number of anilines is 3. The molecule has 0 aliphatic rings. The van der Waals surface area contributed by atoms with E-state index >= 15 is 0 Å². The van der Waals surface area contributed by atoms with Gasteiger partial charge in [0, 0.05) is 85.4 Å². The van der Waals surface area contributed by atoms with Crippen LogP contribution in [0, 0.1) is 12.3 Å². The molecule has 0 amide bonds. The molecule has 0 radical (unpaired) electrons. The number of halogens is 1. The number of nitrogens with zero attached hydrogens (tertiary/aromatic N) is 3. The second kappa shape index (κ2) is 25.5. The summed E-state index contributed by atoms with van der Waals surface area (Å²) in [5.74, 6) is 2.25. The molecule has 3 nitrogen and oxygen atoms in total. The molecule has 0 aliphatic heterocycles. The molecule has 384 valence electrons. The van der Waals surface area contributed by atoms with E-state index in [9.17, 15) is 0 Å². The average molecular weight is 1130 g/mol. The fourth-order valence-corrected chi connectivity index (χ4v) is 12.2. The number of rotatable bonds is 9. The number of fused-ring (bicyclic) bond motifs is 6. The minimum atomic E-state index is 0.967. The number of hydrogen-bond acceptors (Lipinski definition) is 5. The fraction of sp³-hybridized carbons (Fsp3) is 0.0270. The molecule has 0 atom stereocenters. The van der Waals surface area contributed by atoms with Crippen molar-refractivity contribution in [3.63, 3.8) is 0 Å². The number of terminal acetylenes is 1. The van der Waals surface area contributed by atoms with Gasteiger partial charge in [0.2, 0.25) is 0 Å². The first kappa shape index (κ1) is 52.8. The van der Waals surface area contributed by atoms with Gasteiger partial charge in [-0.2, -0.15) is 0 Å². The van der Waals surface area contributed by atoms with Crippen molar-refractivity contribution in [1.82, 2.24) is 9.97 Å². The summed E-state index contributed by atoms with van der Waals surface area (Å²) in [6.45, 7) is 1.65. The van der Waals surface area contributed by atoms with Crippen LogP contribution in [0.25, 0.3) is 85.1 Å². The first-order valence-corrected chi connectivity index (χ1v) is 28.9. The van der Waals surface area contributed by atoms with Crippen molar-refractivity contribution in [3.05, 3.63) is 307 Å². The zero-order chi connectivity index (χ0) is 54.5. The standard InChI is InChI=1S/C35H24N2S.C25H18S.C11H8BrN.C3H4/c1-2-8-25(9-3-1)26-13-17-28(18-14-26)37(29-19-15-27(16-20-29)33-11-6-7-23-36-33)30-21-22-35-32(24-30)31-10-4-5-12-34(31)38-35;1-2-6-20(7-3-1)21-13-10-18(11-14-21)16-19-12-15-25-23(17-19)22-8-4-5-9-24(22)26-25;12-10-6-4-9(5-7-10)11-3-1-2-8-13-11;1-3-2/h1-24H;1-15,17H,16H2;1-8H;1H,2H3. The third-order valence-corrected chi connectivity index (χ3v) is 16.5. The third kappa shape index (κ3) is 12.5. The van der Waals surface area contributed by atoms with Gasteiger partial charge in [-0.1, -0.05) is 192 Å². The predicted molar refractivity (Wildman–Crippen MR) is 349 cm³/mol. The lowest BCUT2D eigenvalue weighted by Gasteiger charge is -2.26. The quantitative estimate of drug-likeness (QED) is 0.135. The first-order chi connectivity index (χ1) is 39.5. The molecule has 14 rings (SSSR count). The predicted octanol–water partition coefficient (Wildman–Crippen LogP) is 21.7. The highest BCUT2D eigenvalue weighted by Gasteiger charge is 2.16. The second-order valence-electron chi connectivity index (χ2n) is 19.0. The van der Waals surface area contributed by atoms with Crippen LogP contribution in [0.1, 0.15) is 18.1 Å². The Morgan fingerprint density at radius 2 is 0.738 bits per heavy atom. The summed E-state index contributed by atoms with van der Waals surface area (Å²) in [4.78, 5) is 11.1. The Morgan fingerprint density at radius 1 is 0.362 bits per heavy atom. The summed E-state index contributed by atoms with van der Waals surface area (Å²) >= 11 is 7.12. The minimum Gasteiger partial charge on any atom is -0.310 e. The van der Waals surface area contributed by atoms with E-state index in [2.05, 4.69) is 262 Å². The third-order valence-electron chi connectivity index (χ3n) is 13.7. The summed E-state index contributed by atoms with van der Waals surface area (Å²) in [5.41, 5.74) is 15.3. The summed E-state index contributed by atoms with van der Waals surface area (Å²) in [6, 6.07) is 98.7. The molecular weight excluding hydrogens is 1070 g/mol. The van der Waals surface area contributed by atoms with Gasteiger partial charge < -0.3 is 4.90 Å². The largest absolute Gasteiger partial charge is 0.310 e. The Balaban J connectivity index is 0.000000138. The molecule has 0 saturated heterocycles. The molecule has 10 aromatic carbocycles. The summed E-state index contributed by atoms with van der Waals surface area (Å²) in [7, 11) is 0. The van der Waals surface area contributed by atoms with Crippen molar-refractivity contribution in [2.24, 2.45) is 0 Å². The monoisotopic (exact) mass is 1130 g/mol. The van der Waals surface area contributed by atoms with E-state index in [0.717, 1.165) is 50.5 Å². The zero-order valence-corrected chi connectivity index (χ0v) is 47.3. The Morgan fingerprint density at radius 3 is 1.24 bits per heavy atom. The SMILES string of the molecule is Brc1ccc(-c2ccccn2)cc1.C#CC.c1ccc(-c2ccc(Cc3ccc4sc5ccccc5c4c3)cc2)cc1.c1ccc(-c2ccc(N(c3ccc(-c4ccccn4)cc3)c3ccc4sc5ccccc5c4c3)cc2)cc1. The molecule has 4 heterocycles. The van der Waals surface area contributed by atoms with Crippen molar-refractivity contribution in [1.29, 1.82) is 0 Å². The number of aromatic nitrogens is 2. The van der Waals surface area contributed by atoms with Gasteiger partial charge in [0.1, 0.15) is 0 Å². The Hall–Kier alpha value is -9.22. The molecule has 0 aliphatic carbocycles. The molecule has 0 unspecified atom stereocenters. The number of thiophene rings is 2. The van der Waals surface area contributed by atoms with Crippen molar-refractivity contribution >= 4 is 96.0 Å². The molecule has 0 spiro atoms. The highest BCUT2D eigenvalue weighted by atomic mass is 79.9. The van der Waals surface area contributed by atoms with E-state index < -0.39 is 0 Å². The number of pyridine rings is 2. The smallest absolute Gasteiger partial charge is 0.0701 e. The van der Waals surface area contributed by atoms with E-state index in [1.807, 2.05) is 89.5 Å². The average Bonchev–Trinajstić information content (AvgIpc) is 4.19. The molecule has 4 aromatic heterocycles. The normalized spacial score (nSPS) is 10.7. The topological polar surface area (TPSA) is 29.0 Å². The highest BCUT2D eigenvalue weighted by Crippen LogP contribution is 2.42. The molecule has 80 heavy (non-hydrogen) atoms. The molecule has 0 bridgehead atoms. The van der Waals surface area contributed by atoms with Crippen LogP contribution in [0.2, 0.25) is 0 Å². The van der Waals surface area contributed by atoms with Crippen LogP contribution in [0.15, 0.2) is 296 Å². The lowest BCUT2D eigenvalue weighted by atomic mass is 9.99. The van der Waals surface area contributed by atoms with Crippen LogP contribution in [0.3, 0.4) is 0 Å². The number of benzene rings is 10. The summed E-state index contributed by atoms with van der Waals surface area (Å²) in [5, 5.41) is 5.34. The van der Waals surface area contributed by atoms with Crippen LogP contribution >= 0.6 is 38.6 Å². The van der Waals surface area contributed by atoms with E-state index in [-0.39, 0.29) is 0 Å². The molecule has 6 heteroatoms. The molecule has 0 fully saturated rings. The highest BCUT2D eigenvalue weighted by molar-refractivity contribution is 9.10. The maximum atomic E-state index is 4.60. The summed E-state index contributed by atoms with van der Waals surface area (Å²) in [6.07, 6.45) is 9.21. The van der Waals surface area contributed by atoms with Gasteiger partial charge in [0.05, 0.1) is 11.4 Å². The van der Waals surface area contributed by atoms with Crippen molar-refractivity contribution in [3.8, 4) is 57.1 Å². The number of hydrogen-bond donors (Lipinski definition) is 0. The Kier molecular flexibility index (Phi) is 16.8. The van der Waals surface area contributed by atoms with E-state index in [1.165, 1.54) is 73.7 Å².